The molecule has 0 aromatic heterocycles. The summed E-state index contributed by atoms with van der Waals surface area (Å²) in [6, 6.07) is 0. The van der Waals surface area contributed by atoms with E-state index in [1.54, 1.807) is 0 Å². The molecular formula is C11H19NO2. The minimum absolute atomic E-state index is 0.251. The van der Waals surface area contributed by atoms with Crippen molar-refractivity contribution in [2.24, 2.45) is 17.8 Å². The second kappa shape index (κ2) is 4.20. The number of hydrogen-bond acceptors (Lipinski definition) is 2. The molecule has 2 rings (SSSR count). The molecule has 1 N–H and O–H groups in total. The first-order valence-electron chi connectivity index (χ1n) is 5.72. The van der Waals surface area contributed by atoms with Gasteiger partial charge in [-0.05, 0) is 50.4 Å². The summed E-state index contributed by atoms with van der Waals surface area (Å²) in [7, 11) is 0. The van der Waals surface area contributed by atoms with Crippen molar-refractivity contribution < 1.29 is 9.53 Å². The number of amides is 1. The zero-order valence-electron chi connectivity index (χ0n) is 8.79. The Kier molecular flexibility index (Phi) is 2.94. The Balaban J connectivity index is 1.68. The van der Waals surface area contributed by atoms with Crippen molar-refractivity contribution in [3.05, 3.63) is 0 Å². The minimum Gasteiger partial charge on any atom is -0.450 e. The van der Waals surface area contributed by atoms with Crippen molar-refractivity contribution in [3.8, 4) is 0 Å². The molecule has 1 amide bonds. The summed E-state index contributed by atoms with van der Waals surface area (Å²) in [6.07, 6.45) is 5.22. The quantitative estimate of drug-likeness (QED) is 0.733. The molecule has 0 saturated heterocycles. The maximum atomic E-state index is 11.1. The highest BCUT2D eigenvalue weighted by Gasteiger charge is 2.41. The van der Waals surface area contributed by atoms with E-state index in [0.717, 1.165) is 24.3 Å². The van der Waals surface area contributed by atoms with Crippen molar-refractivity contribution >= 4 is 6.09 Å². The van der Waals surface area contributed by atoms with Gasteiger partial charge in [0.05, 0.1) is 6.61 Å². The molecule has 14 heavy (non-hydrogen) atoms. The molecule has 0 radical (unpaired) electrons. The molecule has 2 aliphatic rings. The van der Waals surface area contributed by atoms with Crippen molar-refractivity contribution in [2.45, 2.75) is 32.6 Å². The fraction of sp³-hybridized carbons (Fsp3) is 0.909. The highest BCUT2D eigenvalue weighted by atomic mass is 16.5. The van der Waals surface area contributed by atoms with Crippen LogP contribution in [0.2, 0.25) is 0 Å². The summed E-state index contributed by atoms with van der Waals surface area (Å²) in [6.45, 7) is 3.12. The monoisotopic (exact) mass is 197 g/mol. The smallest absolute Gasteiger partial charge is 0.407 e. The largest absolute Gasteiger partial charge is 0.450 e. The number of carbonyl (C=O) groups excluding carboxylic acids is 1. The zero-order valence-corrected chi connectivity index (χ0v) is 8.79. The van der Waals surface area contributed by atoms with Crippen LogP contribution in [-0.4, -0.2) is 19.2 Å². The number of hydrogen-bond donors (Lipinski definition) is 1. The van der Waals surface area contributed by atoms with Crippen molar-refractivity contribution in [1.29, 1.82) is 0 Å². The summed E-state index contributed by atoms with van der Waals surface area (Å²) in [5.74, 6) is 2.52. The minimum atomic E-state index is -0.251. The second-order valence-electron chi connectivity index (χ2n) is 4.44. The SMILES string of the molecule is CCOC(=O)NCC(C1CC1)C1CC1. The van der Waals surface area contributed by atoms with Crippen LogP contribution in [-0.2, 0) is 4.74 Å². The Morgan fingerprint density at radius 2 is 1.93 bits per heavy atom. The summed E-state index contributed by atoms with van der Waals surface area (Å²) >= 11 is 0. The van der Waals surface area contributed by atoms with E-state index in [2.05, 4.69) is 5.32 Å². The van der Waals surface area contributed by atoms with Crippen LogP contribution in [0, 0.1) is 17.8 Å². The van der Waals surface area contributed by atoms with E-state index in [1.165, 1.54) is 25.7 Å². The molecule has 2 fully saturated rings. The van der Waals surface area contributed by atoms with Gasteiger partial charge < -0.3 is 10.1 Å². The lowest BCUT2D eigenvalue weighted by atomic mass is 9.98. The molecule has 0 atom stereocenters. The summed E-state index contributed by atoms with van der Waals surface area (Å²) in [4.78, 5) is 11.1. The van der Waals surface area contributed by atoms with Gasteiger partial charge in [0.25, 0.3) is 0 Å². The van der Waals surface area contributed by atoms with Crippen molar-refractivity contribution in [1.82, 2.24) is 5.32 Å². The van der Waals surface area contributed by atoms with E-state index in [9.17, 15) is 4.79 Å². The molecule has 2 saturated carbocycles. The van der Waals surface area contributed by atoms with E-state index in [-0.39, 0.29) is 6.09 Å². The molecule has 0 spiro atoms. The van der Waals surface area contributed by atoms with Crippen LogP contribution < -0.4 is 5.32 Å². The highest BCUT2D eigenvalue weighted by Crippen LogP contribution is 2.48. The maximum absolute atomic E-state index is 11.1. The summed E-state index contributed by atoms with van der Waals surface area (Å²) in [5, 5.41) is 2.87. The van der Waals surface area contributed by atoms with E-state index in [0.29, 0.717) is 6.61 Å². The zero-order chi connectivity index (χ0) is 9.97. The van der Waals surface area contributed by atoms with Gasteiger partial charge in [0.15, 0.2) is 0 Å². The molecule has 2 aliphatic carbocycles. The number of alkyl carbamates (subject to hydrolysis) is 1. The Hall–Kier alpha value is -0.730. The summed E-state index contributed by atoms with van der Waals surface area (Å²) < 4.78 is 4.84. The van der Waals surface area contributed by atoms with Gasteiger partial charge in [-0.3, -0.25) is 0 Å². The molecular weight excluding hydrogens is 178 g/mol. The third kappa shape index (κ3) is 2.63. The number of rotatable bonds is 5. The van der Waals surface area contributed by atoms with E-state index >= 15 is 0 Å². The Morgan fingerprint density at radius 3 is 2.36 bits per heavy atom. The van der Waals surface area contributed by atoms with Crippen LogP contribution in [0.3, 0.4) is 0 Å². The molecule has 0 bridgehead atoms. The second-order valence-corrected chi connectivity index (χ2v) is 4.44. The van der Waals surface area contributed by atoms with Gasteiger partial charge in [0, 0.05) is 6.54 Å². The fourth-order valence-electron chi connectivity index (χ4n) is 2.15. The van der Waals surface area contributed by atoms with Gasteiger partial charge in [-0.15, -0.1) is 0 Å². The first-order valence-corrected chi connectivity index (χ1v) is 5.72. The van der Waals surface area contributed by atoms with E-state index < -0.39 is 0 Å². The van der Waals surface area contributed by atoms with Gasteiger partial charge in [-0.1, -0.05) is 0 Å². The average molecular weight is 197 g/mol. The van der Waals surface area contributed by atoms with Crippen molar-refractivity contribution in [3.63, 3.8) is 0 Å². The van der Waals surface area contributed by atoms with Crippen molar-refractivity contribution in [2.75, 3.05) is 13.2 Å². The Bertz CT molecular complexity index is 197. The predicted octanol–water partition coefficient (Wildman–Crippen LogP) is 2.17. The fourth-order valence-corrected chi connectivity index (χ4v) is 2.15. The van der Waals surface area contributed by atoms with Gasteiger partial charge in [-0.25, -0.2) is 4.79 Å². The Morgan fingerprint density at radius 1 is 1.36 bits per heavy atom. The normalized spacial score (nSPS) is 21.0. The first kappa shape index (κ1) is 9.81. The maximum Gasteiger partial charge on any atom is 0.407 e. The van der Waals surface area contributed by atoms with Crippen LogP contribution in [0.5, 0.6) is 0 Å². The third-order valence-corrected chi connectivity index (χ3v) is 3.21. The van der Waals surface area contributed by atoms with Gasteiger partial charge in [-0.2, -0.15) is 0 Å². The van der Waals surface area contributed by atoms with Crippen LogP contribution in [0.1, 0.15) is 32.6 Å². The van der Waals surface area contributed by atoms with Crippen LogP contribution >= 0.6 is 0 Å². The number of ether oxygens (including phenoxy) is 1. The molecule has 3 heteroatoms. The summed E-state index contributed by atoms with van der Waals surface area (Å²) in [5.41, 5.74) is 0. The molecule has 0 heterocycles. The standard InChI is InChI=1S/C11H19NO2/c1-2-14-11(13)12-7-10(8-3-4-8)9-5-6-9/h8-10H,2-7H2,1H3,(H,12,13). The Labute approximate surface area is 85.2 Å². The number of carbonyl (C=O) groups is 1. The average Bonchev–Trinajstić information content (AvgIpc) is 3.01. The van der Waals surface area contributed by atoms with Crippen LogP contribution in [0.4, 0.5) is 4.79 Å². The highest BCUT2D eigenvalue weighted by molar-refractivity contribution is 5.67. The van der Waals surface area contributed by atoms with E-state index in [4.69, 9.17) is 4.74 Å². The molecule has 0 aromatic carbocycles. The van der Waals surface area contributed by atoms with E-state index in [1.807, 2.05) is 6.92 Å². The van der Waals surface area contributed by atoms with Gasteiger partial charge >= 0.3 is 6.09 Å². The van der Waals surface area contributed by atoms with Gasteiger partial charge in [0.1, 0.15) is 0 Å². The predicted molar refractivity (Wildman–Crippen MR) is 54.0 cm³/mol. The lowest BCUT2D eigenvalue weighted by Crippen LogP contribution is -2.31. The molecule has 80 valence electrons. The first-order chi connectivity index (χ1) is 6.81. The van der Waals surface area contributed by atoms with Crippen LogP contribution in [0.25, 0.3) is 0 Å². The molecule has 0 aromatic rings. The lowest BCUT2D eigenvalue weighted by molar-refractivity contribution is 0.149. The molecule has 3 nitrogen and oxygen atoms in total. The van der Waals surface area contributed by atoms with Crippen LogP contribution in [0.15, 0.2) is 0 Å². The molecule has 0 aliphatic heterocycles. The lowest BCUT2D eigenvalue weighted by Gasteiger charge is -2.15. The third-order valence-electron chi connectivity index (χ3n) is 3.21. The number of nitrogens with one attached hydrogen (secondary N) is 1. The molecule has 0 unspecified atom stereocenters. The van der Waals surface area contributed by atoms with Gasteiger partial charge in [0.2, 0.25) is 0 Å². The topological polar surface area (TPSA) is 38.3 Å².